The molecule has 15 heavy (non-hydrogen) atoms. The standard InChI is InChI=1S/C12H20O3/c1-9(13)11(12(14)15-2)10-7-5-3-4-6-8-10/h10-11H,3-8H2,1-2H3. The van der Waals surface area contributed by atoms with E-state index in [1.165, 1.54) is 26.9 Å². The molecule has 0 saturated heterocycles. The quantitative estimate of drug-likeness (QED) is 0.409. The average molecular weight is 212 g/mol. The number of Topliss-reactive ketones (excluding diaryl/α,β-unsaturated/α-hetero) is 1. The van der Waals surface area contributed by atoms with Gasteiger partial charge in [0.2, 0.25) is 0 Å². The minimum Gasteiger partial charge on any atom is -0.468 e. The fourth-order valence-electron chi connectivity index (χ4n) is 2.46. The first kappa shape index (κ1) is 12.2. The summed E-state index contributed by atoms with van der Waals surface area (Å²) in [6, 6.07) is 0. The molecule has 0 spiro atoms. The van der Waals surface area contributed by atoms with Crippen molar-refractivity contribution in [1.82, 2.24) is 0 Å². The summed E-state index contributed by atoms with van der Waals surface area (Å²) in [4.78, 5) is 23.0. The summed E-state index contributed by atoms with van der Waals surface area (Å²) >= 11 is 0. The van der Waals surface area contributed by atoms with Gasteiger partial charge in [0.05, 0.1) is 7.11 Å². The van der Waals surface area contributed by atoms with E-state index in [9.17, 15) is 9.59 Å². The van der Waals surface area contributed by atoms with Crippen LogP contribution in [0.15, 0.2) is 0 Å². The number of ketones is 1. The van der Waals surface area contributed by atoms with Gasteiger partial charge in [0.15, 0.2) is 0 Å². The van der Waals surface area contributed by atoms with E-state index in [-0.39, 0.29) is 17.7 Å². The first-order valence-electron chi connectivity index (χ1n) is 5.75. The summed E-state index contributed by atoms with van der Waals surface area (Å²) in [5, 5.41) is 0. The van der Waals surface area contributed by atoms with Crippen LogP contribution in [0.5, 0.6) is 0 Å². The van der Waals surface area contributed by atoms with Crippen molar-refractivity contribution in [3.63, 3.8) is 0 Å². The van der Waals surface area contributed by atoms with Crippen LogP contribution >= 0.6 is 0 Å². The molecule has 0 aliphatic heterocycles. The van der Waals surface area contributed by atoms with Gasteiger partial charge < -0.3 is 4.74 Å². The number of esters is 1. The monoisotopic (exact) mass is 212 g/mol. The smallest absolute Gasteiger partial charge is 0.316 e. The van der Waals surface area contributed by atoms with Gasteiger partial charge in [0, 0.05) is 0 Å². The lowest BCUT2D eigenvalue weighted by atomic mass is 9.84. The Hall–Kier alpha value is -0.860. The van der Waals surface area contributed by atoms with Crippen molar-refractivity contribution in [2.24, 2.45) is 11.8 Å². The molecule has 1 atom stereocenters. The molecule has 3 heteroatoms. The molecular weight excluding hydrogens is 192 g/mol. The molecule has 0 N–H and O–H groups in total. The van der Waals surface area contributed by atoms with Crippen molar-refractivity contribution in [2.45, 2.75) is 45.4 Å². The molecule has 0 amide bonds. The summed E-state index contributed by atoms with van der Waals surface area (Å²) < 4.78 is 4.71. The van der Waals surface area contributed by atoms with Crippen LogP contribution in [0.1, 0.15) is 45.4 Å². The topological polar surface area (TPSA) is 43.4 Å². The maximum Gasteiger partial charge on any atom is 0.316 e. The largest absolute Gasteiger partial charge is 0.468 e. The molecule has 1 fully saturated rings. The third-order valence-corrected chi connectivity index (χ3v) is 3.26. The second-order valence-corrected chi connectivity index (χ2v) is 4.36. The van der Waals surface area contributed by atoms with Gasteiger partial charge in [-0.2, -0.15) is 0 Å². The first-order valence-corrected chi connectivity index (χ1v) is 5.75. The highest BCUT2D eigenvalue weighted by Gasteiger charge is 2.33. The van der Waals surface area contributed by atoms with Gasteiger partial charge in [-0.3, -0.25) is 9.59 Å². The number of hydrogen-bond donors (Lipinski definition) is 0. The van der Waals surface area contributed by atoms with E-state index in [0.29, 0.717) is 0 Å². The molecule has 0 radical (unpaired) electrons. The second kappa shape index (κ2) is 5.89. The lowest BCUT2D eigenvalue weighted by molar-refractivity contribution is -0.151. The van der Waals surface area contributed by atoms with Gasteiger partial charge in [-0.15, -0.1) is 0 Å². The van der Waals surface area contributed by atoms with Crippen LogP contribution in [0.25, 0.3) is 0 Å². The maximum absolute atomic E-state index is 11.5. The van der Waals surface area contributed by atoms with Crippen LogP contribution in [0.4, 0.5) is 0 Å². The lowest BCUT2D eigenvalue weighted by Gasteiger charge is -2.21. The highest BCUT2D eigenvalue weighted by Crippen LogP contribution is 2.30. The van der Waals surface area contributed by atoms with Crippen molar-refractivity contribution in [3.05, 3.63) is 0 Å². The maximum atomic E-state index is 11.5. The van der Waals surface area contributed by atoms with Crippen LogP contribution in [0.2, 0.25) is 0 Å². The predicted octanol–water partition coefficient (Wildman–Crippen LogP) is 2.33. The van der Waals surface area contributed by atoms with Crippen molar-refractivity contribution < 1.29 is 14.3 Å². The fraction of sp³-hybridized carbons (Fsp3) is 0.833. The zero-order chi connectivity index (χ0) is 11.3. The Morgan fingerprint density at radius 3 is 2.07 bits per heavy atom. The Bertz CT molecular complexity index is 227. The van der Waals surface area contributed by atoms with Crippen LogP contribution < -0.4 is 0 Å². The third kappa shape index (κ3) is 3.33. The van der Waals surface area contributed by atoms with Crippen LogP contribution in [0, 0.1) is 11.8 Å². The zero-order valence-corrected chi connectivity index (χ0v) is 9.62. The summed E-state index contributed by atoms with van der Waals surface area (Å²) in [7, 11) is 1.36. The van der Waals surface area contributed by atoms with E-state index in [0.717, 1.165) is 25.7 Å². The number of carbonyl (C=O) groups excluding carboxylic acids is 2. The molecule has 3 nitrogen and oxygen atoms in total. The molecule has 0 aromatic carbocycles. The molecule has 86 valence electrons. The molecule has 0 heterocycles. The zero-order valence-electron chi connectivity index (χ0n) is 9.62. The van der Waals surface area contributed by atoms with Crippen LogP contribution in [-0.4, -0.2) is 18.9 Å². The Morgan fingerprint density at radius 1 is 1.13 bits per heavy atom. The molecular formula is C12H20O3. The number of carbonyl (C=O) groups is 2. The highest BCUT2D eigenvalue weighted by atomic mass is 16.5. The average Bonchev–Trinajstić information content (AvgIpc) is 2.46. The van der Waals surface area contributed by atoms with Gasteiger partial charge in [-0.1, -0.05) is 25.7 Å². The summed E-state index contributed by atoms with van der Waals surface area (Å²) in [5.41, 5.74) is 0. The second-order valence-electron chi connectivity index (χ2n) is 4.36. The minimum absolute atomic E-state index is 0.0475. The van der Waals surface area contributed by atoms with Crippen LogP contribution in [-0.2, 0) is 14.3 Å². The van der Waals surface area contributed by atoms with E-state index in [1.807, 2.05) is 0 Å². The van der Waals surface area contributed by atoms with Crippen molar-refractivity contribution >= 4 is 11.8 Å². The molecule has 1 aliphatic rings. The van der Waals surface area contributed by atoms with Gasteiger partial charge in [-0.25, -0.2) is 0 Å². The molecule has 1 unspecified atom stereocenters. The highest BCUT2D eigenvalue weighted by molar-refractivity contribution is 5.98. The van der Waals surface area contributed by atoms with Crippen molar-refractivity contribution in [2.75, 3.05) is 7.11 Å². The van der Waals surface area contributed by atoms with E-state index in [4.69, 9.17) is 4.74 Å². The predicted molar refractivity (Wildman–Crippen MR) is 57.4 cm³/mol. The number of rotatable bonds is 3. The molecule has 1 rings (SSSR count). The molecule has 0 bridgehead atoms. The lowest BCUT2D eigenvalue weighted by Crippen LogP contribution is -2.30. The molecule has 0 aromatic rings. The normalized spacial score (nSPS) is 20.4. The first-order chi connectivity index (χ1) is 7.16. The van der Waals surface area contributed by atoms with Gasteiger partial charge in [-0.05, 0) is 25.7 Å². The Kier molecular flexibility index (Phi) is 4.79. The van der Waals surface area contributed by atoms with Crippen molar-refractivity contribution in [3.8, 4) is 0 Å². The molecule has 1 saturated carbocycles. The summed E-state index contributed by atoms with van der Waals surface area (Å²) in [6.07, 6.45) is 6.68. The fourth-order valence-corrected chi connectivity index (χ4v) is 2.46. The Balaban J connectivity index is 2.68. The molecule has 0 aromatic heterocycles. The minimum atomic E-state index is -0.520. The molecule has 1 aliphatic carbocycles. The van der Waals surface area contributed by atoms with E-state index < -0.39 is 5.92 Å². The third-order valence-electron chi connectivity index (χ3n) is 3.26. The summed E-state index contributed by atoms with van der Waals surface area (Å²) in [5.74, 6) is -0.714. The number of methoxy groups -OCH3 is 1. The number of ether oxygens (including phenoxy) is 1. The van der Waals surface area contributed by atoms with E-state index in [1.54, 1.807) is 0 Å². The Labute approximate surface area is 91.2 Å². The van der Waals surface area contributed by atoms with Gasteiger partial charge in [0.1, 0.15) is 11.7 Å². The Morgan fingerprint density at radius 2 is 1.67 bits per heavy atom. The number of hydrogen-bond acceptors (Lipinski definition) is 3. The van der Waals surface area contributed by atoms with Gasteiger partial charge >= 0.3 is 5.97 Å². The summed E-state index contributed by atoms with van der Waals surface area (Å²) in [6.45, 7) is 1.49. The van der Waals surface area contributed by atoms with Crippen LogP contribution in [0.3, 0.4) is 0 Å². The van der Waals surface area contributed by atoms with E-state index in [2.05, 4.69) is 0 Å². The van der Waals surface area contributed by atoms with E-state index >= 15 is 0 Å². The SMILES string of the molecule is COC(=O)C(C(C)=O)C1CCCCCC1. The van der Waals surface area contributed by atoms with Gasteiger partial charge in [0.25, 0.3) is 0 Å². The van der Waals surface area contributed by atoms with Crippen molar-refractivity contribution in [1.29, 1.82) is 0 Å².